The number of nitrogens with zero attached hydrogens (tertiary/aromatic N) is 2. The monoisotopic (exact) mass is 362 g/mol. The van der Waals surface area contributed by atoms with Crippen molar-refractivity contribution in [3.8, 4) is 0 Å². The van der Waals surface area contributed by atoms with Crippen LogP contribution in [0.2, 0.25) is 5.02 Å². The van der Waals surface area contributed by atoms with Crippen molar-refractivity contribution in [3.05, 3.63) is 77.1 Å². The summed E-state index contributed by atoms with van der Waals surface area (Å²) in [6.45, 7) is 0.240. The zero-order chi connectivity index (χ0) is 17.8. The summed E-state index contributed by atoms with van der Waals surface area (Å²) in [6, 6.07) is 9.70. The van der Waals surface area contributed by atoms with Crippen LogP contribution in [0.15, 0.2) is 54.9 Å². The fourth-order valence-electron chi connectivity index (χ4n) is 2.18. The van der Waals surface area contributed by atoms with Gasteiger partial charge in [0, 0.05) is 17.4 Å². The molecule has 1 aromatic heterocycles. The summed E-state index contributed by atoms with van der Waals surface area (Å²) in [5.74, 6) is -0.888. The van der Waals surface area contributed by atoms with E-state index >= 15 is 0 Å². The SMILES string of the molecule is O=C(Nc1ccc(F)c(Cl)c1)Nc1cnn(Cc2ccccc2F)c1. The van der Waals surface area contributed by atoms with Gasteiger partial charge in [-0.05, 0) is 24.3 Å². The summed E-state index contributed by atoms with van der Waals surface area (Å²) in [5, 5.41) is 9.10. The van der Waals surface area contributed by atoms with E-state index in [2.05, 4.69) is 15.7 Å². The van der Waals surface area contributed by atoms with Crippen molar-refractivity contribution in [2.75, 3.05) is 10.6 Å². The van der Waals surface area contributed by atoms with E-state index in [0.717, 1.165) is 6.07 Å². The highest BCUT2D eigenvalue weighted by Crippen LogP contribution is 2.19. The molecule has 0 saturated carbocycles. The second-order valence-corrected chi connectivity index (χ2v) is 5.63. The number of halogens is 3. The van der Waals surface area contributed by atoms with E-state index in [4.69, 9.17) is 11.6 Å². The number of amides is 2. The van der Waals surface area contributed by atoms with Gasteiger partial charge in [-0.1, -0.05) is 29.8 Å². The summed E-state index contributed by atoms with van der Waals surface area (Å²) in [6.07, 6.45) is 3.02. The molecule has 0 bridgehead atoms. The van der Waals surface area contributed by atoms with Crippen LogP contribution in [0, 0.1) is 11.6 Å². The molecule has 1 heterocycles. The van der Waals surface area contributed by atoms with Gasteiger partial charge >= 0.3 is 6.03 Å². The Morgan fingerprint density at radius 1 is 1.08 bits per heavy atom. The highest BCUT2D eigenvalue weighted by atomic mass is 35.5. The highest BCUT2D eigenvalue weighted by molar-refractivity contribution is 6.31. The van der Waals surface area contributed by atoms with E-state index < -0.39 is 11.8 Å². The molecule has 0 unspecified atom stereocenters. The van der Waals surface area contributed by atoms with Crippen molar-refractivity contribution >= 4 is 29.0 Å². The van der Waals surface area contributed by atoms with Crippen molar-refractivity contribution in [1.82, 2.24) is 9.78 Å². The second kappa shape index (κ2) is 7.31. The number of urea groups is 1. The Morgan fingerprint density at radius 2 is 1.84 bits per heavy atom. The predicted molar refractivity (Wildman–Crippen MR) is 91.8 cm³/mol. The Labute approximate surface area is 147 Å². The molecule has 0 radical (unpaired) electrons. The second-order valence-electron chi connectivity index (χ2n) is 5.23. The molecule has 25 heavy (non-hydrogen) atoms. The van der Waals surface area contributed by atoms with Crippen LogP contribution < -0.4 is 10.6 Å². The van der Waals surface area contributed by atoms with Gasteiger partial charge in [0.2, 0.25) is 0 Å². The Kier molecular flexibility index (Phi) is 4.95. The number of carbonyl (C=O) groups is 1. The van der Waals surface area contributed by atoms with Crippen LogP contribution in [0.5, 0.6) is 0 Å². The Hall–Kier alpha value is -2.93. The minimum atomic E-state index is -0.568. The Bertz CT molecular complexity index is 913. The molecule has 3 rings (SSSR count). The van der Waals surface area contributed by atoms with Gasteiger partial charge in [-0.15, -0.1) is 0 Å². The summed E-state index contributed by atoms with van der Waals surface area (Å²) >= 11 is 5.66. The van der Waals surface area contributed by atoms with Crippen molar-refractivity contribution in [2.24, 2.45) is 0 Å². The lowest BCUT2D eigenvalue weighted by Gasteiger charge is -2.06. The minimum absolute atomic E-state index is 0.0875. The quantitative estimate of drug-likeness (QED) is 0.717. The molecular formula is C17H13ClF2N4O. The van der Waals surface area contributed by atoms with Gasteiger partial charge in [0.1, 0.15) is 11.6 Å². The maximum Gasteiger partial charge on any atom is 0.323 e. The van der Waals surface area contributed by atoms with Crippen LogP contribution >= 0.6 is 11.6 Å². The van der Waals surface area contributed by atoms with E-state index in [1.165, 1.54) is 29.1 Å². The number of hydrogen-bond acceptors (Lipinski definition) is 2. The average Bonchev–Trinajstić information content (AvgIpc) is 3.00. The van der Waals surface area contributed by atoms with Crippen LogP contribution in [0.1, 0.15) is 5.56 Å². The fraction of sp³-hybridized carbons (Fsp3) is 0.0588. The molecule has 0 atom stereocenters. The topological polar surface area (TPSA) is 59.0 Å². The molecule has 128 valence electrons. The highest BCUT2D eigenvalue weighted by Gasteiger charge is 2.08. The summed E-state index contributed by atoms with van der Waals surface area (Å²) in [5.41, 5.74) is 1.27. The molecule has 8 heteroatoms. The third-order valence-electron chi connectivity index (χ3n) is 3.36. The van der Waals surface area contributed by atoms with Crippen LogP contribution in [-0.2, 0) is 6.54 Å². The van der Waals surface area contributed by atoms with Gasteiger partial charge in [-0.3, -0.25) is 4.68 Å². The average molecular weight is 363 g/mol. The van der Waals surface area contributed by atoms with Crippen molar-refractivity contribution in [3.63, 3.8) is 0 Å². The van der Waals surface area contributed by atoms with Gasteiger partial charge in [-0.25, -0.2) is 13.6 Å². The Morgan fingerprint density at radius 3 is 2.60 bits per heavy atom. The summed E-state index contributed by atoms with van der Waals surface area (Å²) < 4.78 is 28.2. The molecule has 2 amide bonds. The van der Waals surface area contributed by atoms with E-state index in [0.29, 0.717) is 16.9 Å². The number of rotatable bonds is 4. The van der Waals surface area contributed by atoms with Crippen molar-refractivity contribution < 1.29 is 13.6 Å². The lowest BCUT2D eigenvalue weighted by Crippen LogP contribution is -2.19. The molecule has 0 saturated heterocycles. The van der Waals surface area contributed by atoms with E-state index in [9.17, 15) is 13.6 Å². The number of carbonyl (C=O) groups excluding carboxylic acids is 1. The molecule has 5 nitrogen and oxygen atoms in total. The normalized spacial score (nSPS) is 10.5. The van der Waals surface area contributed by atoms with E-state index in [1.807, 2.05) is 0 Å². The number of aromatic nitrogens is 2. The third-order valence-corrected chi connectivity index (χ3v) is 3.65. The molecule has 3 aromatic rings. The van der Waals surface area contributed by atoms with Crippen molar-refractivity contribution in [1.29, 1.82) is 0 Å². The van der Waals surface area contributed by atoms with Crippen LogP contribution in [0.25, 0.3) is 0 Å². The molecule has 0 aliphatic rings. The molecule has 0 aliphatic heterocycles. The van der Waals surface area contributed by atoms with Crippen molar-refractivity contribution in [2.45, 2.75) is 6.54 Å². The smallest absolute Gasteiger partial charge is 0.308 e. The molecule has 0 fully saturated rings. The number of hydrogen-bond donors (Lipinski definition) is 2. The molecule has 2 aromatic carbocycles. The van der Waals surface area contributed by atoms with Gasteiger partial charge in [0.15, 0.2) is 0 Å². The largest absolute Gasteiger partial charge is 0.323 e. The first-order chi connectivity index (χ1) is 12.0. The summed E-state index contributed by atoms with van der Waals surface area (Å²) in [7, 11) is 0. The maximum absolute atomic E-state index is 13.6. The Balaban J connectivity index is 1.61. The van der Waals surface area contributed by atoms with Gasteiger partial charge in [0.05, 0.1) is 23.5 Å². The van der Waals surface area contributed by atoms with Crippen LogP contribution in [0.3, 0.4) is 0 Å². The zero-order valence-electron chi connectivity index (χ0n) is 12.8. The fourth-order valence-corrected chi connectivity index (χ4v) is 2.36. The van der Waals surface area contributed by atoms with Gasteiger partial charge < -0.3 is 10.6 Å². The first-order valence-electron chi connectivity index (χ1n) is 7.30. The van der Waals surface area contributed by atoms with E-state index in [1.54, 1.807) is 24.4 Å². The molecule has 0 spiro atoms. The number of nitrogens with one attached hydrogen (secondary N) is 2. The first-order valence-corrected chi connectivity index (χ1v) is 7.68. The van der Waals surface area contributed by atoms with Gasteiger partial charge in [-0.2, -0.15) is 5.10 Å². The third kappa shape index (κ3) is 4.33. The molecule has 0 aliphatic carbocycles. The molecular weight excluding hydrogens is 350 g/mol. The lowest BCUT2D eigenvalue weighted by atomic mass is 10.2. The van der Waals surface area contributed by atoms with Gasteiger partial charge in [0.25, 0.3) is 0 Å². The lowest BCUT2D eigenvalue weighted by molar-refractivity contribution is 0.262. The van der Waals surface area contributed by atoms with E-state index in [-0.39, 0.29) is 17.4 Å². The number of anilines is 2. The van der Waals surface area contributed by atoms with Crippen LogP contribution in [-0.4, -0.2) is 15.8 Å². The maximum atomic E-state index is 13.6. The molecule has 2 N–H and O–H groups in total. The number of benzene rings is 2. The van der Waals surface area contributed by atoms with Crippen LogP contribution in [0.4, 0.5) is 25.0 Å². The first kappa shape index (κ1) is 16.9. The summed E-state index contributed by atoms with van der Waals surface area (Å²) in [4.78, 5) is 11.9. The zero-order valence-corrected chi connectivity index (χ0v) is 13.6. The standard InChI is InChI=1S/C17H13ClF2N4O/c18-14-7-12(5-6-16(14)20)22-17(25)23-13-8-21-24(10-13)9-11-3-1-2-4-15(11)19/h1-8,10H,9H2,(H2,22,23,25). The minimum Gasteiger partial charge on any atom is -0.308 e. The predicted octanol–water partition coefficient (Wildman–Crippen LogP) is 4.51.